The van der Waals surface area contributed by atoms with Crippen LogP contribution in [-0.4, -0.2) is 0 Å². The van der Waals surface area contributed by atoms with Crippen molar-refractivity contribution in [2.24, 2.45) is 0 Å². The molecule has 1 rings (SSSR count). The van der Waals surface area contributed by atoms with Gasteiger partial charge in [0.15, 0.2) is 0 Å². The van der Waals surface area contributed by atoms with Gasteiger partial charge in [0.25, 0.3) is 0 Å². The topological polar surface area (TPSA) is 26.0 Å². The van der Waals surface area contributed by atoms with Crippen LogP contribution in [0.3, 0.4) is 0 Å². The van der Waals surface area contributed by atoms with Crippen molar-refractivity contribution in [3.05, 3.63) is 23.3 Å². The van der Waals surface area contributed by atoms with Crippen LogP contribution < -0.4 is 5.73 Å². The largest absolute Gasteiger partial charge is 0.398 e. The summed E-state index contributed by atoms with van der Waals surface area (Å²) in [4.78, 5) is 0.864. The van der Waals surface area contributed by atoms with E-state index in [1.165, 1.54) is 5.56 Å². The van der Waals surface area contributed by atoms with E-state index in [0.29, 0.717) is 0 Å². The number of hydrogen-bond acceptors (Lipinski definition) is 2. The zero-order chi connectivity index (χ0) is 7.72. The van der Waals surface area contributed by atoms with E-state index in [1.807, 2.05) is 26.0 Å². The van der Waals surface area contributed by atoms with Crippen LogP contribution in [0, 0.1) is 13.8 Å². The number of anilines is 1. The predicted octanol–water partition coefficient (Wildman–Crippen LogP) is 2.17. The molecule has 0 saturated carbocycles. The first-order chi connectivity index (χ1) is 4.63. The van der Waals surface area contributed by atoms with Crippen LogP contribution in [0.5, 0.6) is 0 Å². The first-order valence-corrected chi connectivity index (χ1v) is 3.62. The van der Waals surface area contributed by atoms with E-state index in [0.717, 1.165) is 16.1 Å². The number of benzene rings is 1. The lowest BCUT2D eigenvalue weighted by Gasteiger charge is -2.05. The third kappa shape index (κ3) is 1.12. The summed E-state index contributed by atoms with van der Waals surface area (Å²) in [6, 6.07) is 3.94. The normalized spacial score (nSPS) is 9.90. The SMILES string of the molecule is Cc1ccc(S)c(N)c1C. The third-order valence-corrected chi connectivity index (χ3v) is 2.15. The van der Waals surface area contributed by atoms with Crippen molar-refractivity contribution in [2.75, 3.05) is 5.73 Å². The number of nitrogens with two attached hydrogens (primary N) is 1. The molecule has 0 aromatic heterocycles. The van der Waals surface area contributed by atoms with Crippen LogP contribution in [0.4, 0.5) is 5.69 Å². The van der Waals surface area contributed by atoms with Gasteiger partial charge in [-0.15, -0.1) is 12.6 Å². The van der Waals surface area contributed by atoms with Crippen molar-refractivity contribution in [2.45, 2.75) is 18.7 Å². The van der Waals surface area contributed by atoms with Gasteiger partial charge in [0.2, 0.25) is 0 Å². The Labute approximate surface area is 66.7 Å². The fourth-order valence-electron chi connectivity index (χ4n) is 0.823. The minimum absolute atomic E-state index is 0.795. The molecule has 0 amide bonds. The van der Waals surface area contributed by atoms with Crippen molar-refractivity contribution in [3.63, 3.8) is 0 Å². The molecular weight excluding hydrogens is 142 g/mol. The second-order valence-electron chi connectivity index (χ2n) is 2.44. The molecule has 0 heterocycles. The second-order valence-corrected chi connectivity index (χ2v) is 2.92. The fraction of sp³-hybridized carbons (Fsp3) is 0.250. The Kier molecular flexibility index (Phi) is 1.90. The number of thiol groups is 1. The summed E-state index contributed by atoms with van der Waals surface area (Å²) >= 11 is 4.19. The minimum Gasteiger partial charge on any atom is -0.398 e. The highest BCUT2D eigenvalue weighted by atomic mass is 32.1. The zero-order valence-corrected chi connectivity index (χ0v) is 7.07. The van der Waals surface area contributed by atoms with E-state index in [1.54, 1.807) is 0 Å². The Balaban J connectivity index is 3.34. The number of hydrogen-bond donors (Lipinski definition) is 2. The van der Waals surface area contributed by atoms with Crippen LogP contribution in [0.15, 0.2) is 17.0 Å². The third-order valence-electron chi connectivity index (χ3n) is 1.76. The van der Waals surface area contributed by atoms with Gasteiger partial charge < -0.3 is 5.73 Å². The molecule has 0 radical (unpaired) electrons. The van der Waals surface area contributed by atoms with Crippen LogP contribution in [0.1, 0.15) is 11.1 Å². The fourth-order valence-corrected chi connectivity index (χ4v) is 1.07. The maximum absolute atomic E-state index is 5.71. The lowest BCUT2D eigenvalue weighted by atomic mass is 10.1. The second kappa shape index (κ2) is 2.54. The zero-order valence-electron chi connectivity index (χ0n) is 6.18. The monoisotopic (exact) mass is 153 g/mol. The van der Waals surface area contributed by atoms with E-state index in [-0.39, 0.29) is 0 Å². The Hall–Kier alpha value is -0.630. The molecule has 54 valence electrons. The summed E-state index contributed by atoms with van der Waals surface area (Å²) in [5.74, 6) is 0. The molecule has 0 atom stereocenters. The lowest BCUT2D eigenvalue weighted by molar-refractivity contribution is 1.29. The van der Waals surface area contributed by atoms with Gasteiger partial charge in [-0.1, -0.05) is 6.07 Å². The maximum Gasteiger partial charge on any atom is 0.0481 e. The standard InChI is InChI=1S/C8H11NS/c1-5-3-4-7(10)8(9)6(5)2/h3-4,10H,9H2,1-2H3. The van der Waals surface area contributed by atoms with Gasteiger partial charge in [0, 0.05) is 10.6 Å². The summed E-state index contributed by atoms with van der Waals surface area (Å²) in [5.41, 5.74) is 8.85. The molecule has 10 heavy (non-hydrogen) atoms. The number of rotatable bonds is 0. The average Bonchev–Trinajstić information content (AvgIpc) is 1.93. The van der Waals surface area contributed by atoms with Crippen molar-refractivity contribution >= 4 is 18.3 Å². The van der Waals surface area contributed by atoms with Gasteiger partial charge in [0.1, 0.15) is 0 Å². The summed E-state index contributed by atoms with van der Waals surface area (Å²) in [7, 11) is 0. The van der Waals surface area contributed by atoms with Crippen molar-refractivity contribution < 1.29 is 0 Å². The molecule has 0 bridgehead atoms. The highest BCUT2D eigenvalue weighted by molar-refractivity contribution is 7.80. The average molecular weight is 153 g/mol. The van der Waals surface area contributed by atoms with E-state index < -0.39 is 0 Å². The molecule has 0 unspecified atom stereocenters. The lowest BCUT2D eigenvalue weighted by Crippen LogP contribution is -1.93. The van der Waals surface area contributed by atoms with E-state index in [2.05, 4.69) is 12.6 Å². The van der Waals surface area contributed by atoms with Gasteiger partial charge in [-0.05, 0) is 31.0 Å². The molecule has 0 spiro atoms. The molecule has 1 aromatic rings. The Morgan fingerprint density at radius 3 is 2.40 bits per heavy atom. The Morgan fingerprint density at radius 2 is 1.90 bits per heavy atom. The Bertz CT molecular complexity index is 229. The molecule has 0 aliphatic carbocycles. The summed E-state index contributed by atoms with van der Waals surface area (Å²) in [6.45, 7) is 4.04. The van der Waals surface area contributed by atoms with Crippen LogP contribution in [0.2, 0.25) is 0 Å². The highest BCUT2D eigenvalue weighted by Crippen LogP contribution is 2.22. The molecular formula is C8H11NS. The van der Waals surface area contributed by atoms with Crippen molar-refractivity contribution in [1.82, 2.24) is 0 Å². The van der Waals surface area contributed by atoms with Gasteiger partial charge in [-0.3, -0.25) is 0 Å². The molecule has 1 aromatic carbocycles. The highest BCUT2D eigenvalue weighted by Gasteiger charge is 1.99. The number of aryl methyl sites for hydroxylation is 1. The van der Waals surface area contributed by atoms with Crippen LogP contribution in [0.25, 0.3) is 0 Å². The molecule has 0 saturated heterocycles. The smallest absolute Gasteiger partial charge is 0.0481 e. The maximum atomic E-state index is 5.71. The summed E-state index contributed by atoms with van der Waals surface area (Å²) in [6.07, 6.45) is 0. The van der Waals surface area contributed by atoms with Gasteiger partial charge >= 0.3 is 0 Å². The first-order valence-electron chi connectivity index (χ1n) is 3.17. The number of nitrogen functional groups attached to an aromatic ring is 1. The summed E-state index contributed by atoms with van der Waals surface area (Å²) < 4.78 is 0. The van der Waals surface area contributed by atoms with Gasteiger partial charge in [0.05, 0.1) is 0 Å². The van der Waals surface area contributed by atoms with Crippen molar-refractivity contribution in [1.29, 1.82) is 0 Å². The van der Waals surface area contributed by atoms with Gasteiger partial charge in [-0.2, -0.15) is 0 Å². The first kappa shape index (κ1) is 7.48. The summed E-state index contributed by atoms with van der Waals surface area (Å²) in [5, 5.41) is 0. The molecule has 2 N–H and O–H groups in total. The quantitative estimate of drug-likeness (QED) is 0.433. The molecule has 0 aliphatic rings. The van der Waals surface area contributed by atoms with Crippen LogP contribution in [-0.2, 0) is 0 Å². The van der Waals surface area contributed by atoms with E-state index >= 15 is 0 Å². The van der Waals surface area contributed by atoms with E-state index in [4.69, 9.17) is 5.73 Å². The molecule has 2 heteroatoms. The molecule has 1 nitrogen and oxygen atoms in total. The molecule has 0 fully saturated rings. The Morgan fingerprint density at radius 1 is 1.30 bits per heavy atom. The predicted molar refractivity (Wildman–Crippen MR) is 47.6 cm³/mol. The molecule has 0 aliphatic heterocycles. The van der Waals surface area contributed by atoms with Crippen molar-refractivity contribution in [3.8, 4) is 0 Å². The van der Waals surface area contributed by atoms with Gasteiger partial charge in [-0.25, -0.2) is 0 Å². The minimum atomic E-state index is 0.795. The van der Waals surface area contributed by atoms with E-state index in [9.17, 15) is 0 Å². The van der Waals surface area contributed by atoms with Crippen LogP contribution >= 0.6 is 12.6 Å².